The Balaban J connectivity index is 1.80. The van der Waals surface area contributed by atoms with Crippen LogP contribution in [0.5, 0.6) is 11.6 Å². The predicted molar refractivity (Wildman–Crippen MR) is 76.2 cm³/mol. The maximum absolute atomic E-state index is 5.91. The smallest absolute Gasteiger partial charge is 0.213 e. The van der Waals surface area contributed by atoms with Crippen molar-refractivity contribution in [3.8, 4) is 11.6 Å². The van der Waals surface area contributed by atoms with Crippen LogP contribution in [0.25, 0.3) is 0 Å². The molecule has 100 valence electrons. The molecule has 0 spiro atoms. The summed E-state index contributed by atoms with van der Waals surface area (Å²) in [6.07, 6.45) is 1.53. The van der Waals surface area contributed by atoms with Crippen molar-refractivity contribution in [3.63, 3.8) is 0 Å². The van der Waals surface area contributed by atoms with Crippen molar-refractivity contribution in [1.82, 2.24) is 4.98 Å². The van der Waals surface area contributed by atoms with E-state index >= 15 is 0 Å². The topological polar surface area (TPSA) is 31.4 Å². The minimum atomic E-state index is 0.332. The van der Waals surface area contributed by atoms with Crippen molar-refractivity contribution in [2.75, 3.05) is 13.2 Å². The third-order valence-corrected chi connectivity index (χ3v) is 3.03. The third kappa shape index (κ3) is 4.30. The number of hydrogen-bond donors (Lipinski definition) is 0. The van der Waals surface area contributed by atoms with Crippen LogP contribution < -0.4 is 9.47 Å². The lowest BCUT2D eigenvalue weighted by Crippen LogP contribution is -2.09. The minimum absolute atomic E-state index is 0.332. The van der Waals surface area contributed by atoms with Gasteiger partial charge in [-0.1, -0.05) is 29.8 Å². The molecule has 5 heteroatoms. The van der Waals surface area contributed by atoms with Crippen molar-refractivity contribution in [1.29, 1.82) is 0 Å². The number of aromatic nitrogens is 1. The first kappa shape index (κ1) is 14.0. The van der Waals surface area contributed by atoms with Gasteiger partial charge >= 0.3 is 0 Å². The van der Waals surface area contributed by atoms with E-state index in [0.29, 0.717) is 30.0 Å². The third-order valence-electron chi connectivity index (χ3n) is 2.40. The highest BCUT2D eigenvalue weighted by Gasteiger charge is 2.03. The van der Waals surface area contributed by atoms with Gasteiger partial charge in [-0.2, -0.15) is 0 Å². The second kappa shape index (κ2) is 7.22. The zero-order valence-corrected chi connectivity index (χ0v) is 11.7. The molecule has 1 aromatic heterocycles. The number of benzene rings is 1. The molecule has 0 amide bonds. The monoisotopic (exact) mass is 297 g/mol. The number of alkyl halides is 1. The van der Waals surface area contributed by atoms with Crippen LogP contribution in [0.3, 0.4) is 0 Å². The number of para-hydroxylation sites is 1. The van der Waals surface area contributed by atoms with E-state index in [2.05, 4.69) is 4.98 Å². The molecule has 19 heavy (non-hydrogen) atoms. The lowest BCUT2D eigenvalue weighted by atomic mass is 10.3. The number of halogens is 2. The fourth-order valence-corrected chi connectivity index (χ4v) is 1.92. The molecule has 0 saturated heterocycles. The van der Waals surface area contributed by atoms with Gasteiger partial charge in [-0.25, -0.2) is 4.98 Å². The number of hydrogen-bond acceptors (Lipinski definition) is 3. The van der Waals surface area contributed by atoms with Gasteiger partial charge in [0, 0.05) is 18.1 Å². The summed E-state index contributed by atoms with van der Waals surface area (Å²) in [5, 5.41) is 0.544. The molecule has 0 N–H and O–H groups in total. The average Bonchev–Trinajstić information content (AvgIpc) is 2.46. The van der Waals surface area contributed by atoms with Crippen LogP contribution in [-0.2, 0) is 5.88 Å². The van der Waals surface area contributed by atoms with Gasteiger partial charge in [0.2, 0.25) is 5.88 Å². The number of nitrogens with zero attached hydrogens (tertiary/aromatic N) is 1. The highest BCUT2D eigenvalue weighted by molar-refractivity contribution is 6.32. The molecule has 0 aliphatic carbocycles. The summed E-state index contributed by atoms with van der Waals surface area (Å²) in [4.78, 5) is 4.06. The molecule has 2 aromatic rings. The van der Waals surface area contributed by atoms with E-state index in [1.54, 1.807) is 6.07 Å². The van der Waals surface area contributed by atoms with Crippen molar-refractivity contribution in [2.24, 2.45) is 0 Å². The zero-order valence-electron chi connectivity index (χ0n) is 10.2. The molecule has 0 saturated carbocycles. The van der Waals surface area contributed by atoms with Crippen LogP contribution in [0.2, 0.25) is 5.02 Å². The van der Waals surface area contributed by atoms with Gasteiger partial charge in [0.25, 0.3) is 0 Å². The van der Waals surface area contributed by atoms with E-state index in [0.717, 1.165) is 11.3 Å². The van der Waals surface area contributed by atoms with Gasteiger partial charge in [-0.3, -0.25) is 0 Å². The average molecular weight is 298 g/mol. The van der Waals surface area contributed by atoms with Gasteiger partial charge in [-0.15, -0.1) is 11.6 Å². The Morgan fingerprint density at radius 3 is 2.53 bits per heavy atom. The second-order valence-corrected chi connectivity index (χ2v) is 4.43. The Kier molecular flexibility index (Phi) is 5.31. The fourth-order valence-electron chi connectivity index (χ4n) is 1.46. The van der Waals surface area contributed by atoms with Crippen LogP contribution in [0.1, 0.15) is 5.56 Å². The van der Waals surface area contributed by atoms with Crippen LogP contribution in [0.4, 0.5) is 0 Å². The molecule has 3 nitrogen and oxygen atoms in total. The molecule has 0 aliphatic rings. The summed E-state index contributed by atoms with van der Waals surface area (Å²) in [7, 11) is 0. The minimum Gasteiger partial charge on any atom is -0.490 e. The quantitative estimate of drug-likeness (QED) is 0.598. The fraction of sp³-hybridized carbons (Fsp3) is 0.214. The van der Waals surface area contributed by atoms with E-state index in [4.69, 9.17) is 32.7 Å². The molecule has 1 aromatic carbocycles. The molecule has 2 rings (SSSR count). The Morgan fingerprint density at radius 2 is 1.79 bits per heavy atom. The molecule has 0 aliphatic heterocycles. The molecule has 0 fully saturated rings. The Bertz CT molecular complexity index is 520. The van der Waals surface area contributed by atoms with Crippen molar-refractivity contribution in [3.05, 3.63) is 53.2 Å². The van der Waals surface area contributed by atoms with E-state index in [9.17, 15) is 0 Å². The van der Waals surface area contributed by atoms with Crippen molar-refractivity contribution in [2.45, 2.75) is 5.88 Å². The Morgan fingerprint density at radius 1 is 1.05 bits per heavy atom. The summed E-state index contributed by atoms with van der Waals surface area (Å²) in [5.74, 6) is 1.64. The molecular weight excluding hydrogens is 285 g/mol. The molecule has 0 unspecified atom stereocenters. The first-order valence-electron chi connectivity index (χ1n) is 5.80. The number of rotatable bonds is 6. The van der Waals surface area contributed by atoms with Crippen LogP contribution in [0.15, 0.2) is 42.6 Å². The van der Waals surface area contributed by atoms with Gasteiger partial charge in [0.1, 0.15) is 19.0 Å². The van der Waals surface area contributed by atoms with Gasteiger partial charge in [0.05, 0.1) is 5.02 Å². The van der Waals surface area contributed by atoms with E-state index in [1.807, 2.05) is 30.3 Å². The summed E-state index contributed by atoms with van der Waals surface area (Å²) >= 11 is 11.7. The normalized spacial score (nSPS) is 10.2. The standard InChI is InChI=1S/C14H13Cl2NO2/c15-9-11-8-14(17-10-13(11)16)19-7-6-18-12-4-2-1-3-5-12/h1-5,8,10H,6-7,9H2. The van der Waals surface area contributed by atoms with Gasteiger partial charge < -0.3 is 9.47 Å². The molecule has 0 atom stereocenters. The predicted octanol–water partition coefficient (Wildman–Crippen LogP) is 3.93. The Labute approximate surface area is 122 Å². The maximum atomic E-state index is 5.91. The molecule has 1 heterocycles. The first-order chi connectivity index (χ1) is 9.29. The summed E-state index contributed by atoms with van der Waals surface area (Å²) in [5.41, 5.74) is 0.803. The van der Waals surface area contributed by atoms with E-state index < -0.39 is 0 Å². The lowest BCUT2D eigenvalue weighted by molar-refractivity contribution is 0.212. The van der Waals surface area contributed by atoms with Crippen molar-refractivity contribution >= 4 is 23.2 Å². The summed E-state index contributed by atoms with van der Waals surface area (Å²) in [6.45, 7) is 0.857. The highest BCUT2D eigenvalue weighted by atomic mass is 35.5. The van der Waals surface area contributed by atoms with E-state index in [1.165, 1.54) is 6.20 Å². The molecular formula is C14H13Cl2NO2. The highest BCUT2D eigenvalue weighted by Crippen LogP contribution is 2.20. The van der Waals surface area contributed by atoms with Crippen LogP contribution in [-0.4, -0.2) is 18.2 Å². The second-order valence-electron chi connectivity index (χ2n) is 3.76. The first-order valence-corrected chi connectivity index (χ1v) is 6.72. The maximum Gasteiger partial charge on any atom is 0.213 e. The zero-order chi connectivity index (χ0) is 13.5. The van der Waals surface area contributed by atoms with E-state index in [-0.39, 0.29) is 0 Å². The molecule has 0 bridgehead atoms. The van der Waals surface area contributed by atoms with Gasteiger partial charge in [-0.05, 0) is 17.7 Å². The Hall–Kier alpha value is -1.45. The van der Waals surface area contributed by atoms with Crippen LogP contribution >= 0.6 is 23.2 Å². The summed E-state index contributed by atoms with van der Waals surface area (Å²) in [6, 6.07) is 11.3. The summed E-state index contributed by atoms with van der Waals surface area (Å²) < 4.78 is 11.0. The number of ether oxygens (including phenoxy) is 2. The van der Waals surface area contributed by atoms with Gasteiger partial charge in [0.15, 0.2) is 0 Å². The van der Waals surface area contributed by atoms with Crippen LogP contribution in [0, 0.1) is 0 Å². The SMILES string of the molecule is ClCc1cc(OCCOc2ccccc2)ncc1Cl. The molecule has 0 radical (unpaired) electrons. The number of pyridine rings is 1. The largest absolute Gasteiger partial charge is 0.490 e. The van der Waals surface area contributed by atoms with Crippen molar-refractivity contribution < 1.29 is 9.47 Å². The lowest BCUT2D eigenvalue weighted by Gasteiger charge is -2.08.